The summed E-state index contributed by atoms with van der Waals surface area (Å²) >= 11 is 0. The predicted molar refractivity (Wildman–Crippen MR) is 56.1 cm³/mol. The number of carboxylic acids is 3. The monoisotopic (exact) mass is 309 g/mol. The predicted octanol–water partition coefficient (Wildman–Crippen LogP) is -14.0. The number of carboxylic acid groups (broad SMARTS) is 3. The molecule has 1 aliphatic heterocycles. The minimum Gasteiger partial charge on any atom is -0.550 e. The normalized spacial score (nSPS) is 12.6. The number of nitrogens with zero attached hydrogens (tertiary/aromatic N) is 1. The van der Waals surface area contributed by atoms with Crippen molar-refractivity contribution in [2.24, 2.45) is 0 Å². The van der Waals surface area contributed by atoms with Crippen LogP contribution >= 0.6 is 0 Å². The summed E-state index contributed by atoms with van der Waals surface area (Å²) < 4.78 is 0. The van der Waals surface area contributed by atoms with Crippen LogP contribution in [0.1, 0.15) is 25.7 Å². The minimum atomic E-state index is -2.97. The summed E-state index contributed by atoms with van der Waals surface area (Å²) in [6.45, 7) is 0.957. The number of hydrogen-bond acceptors (Lipinski definition) is 8. The molecule has 1 heterocycles. The molecule has 0 saturated carbocycles. The van der Waals surface area contributed by atoms with Crippen molar-refractivity contribution in [3.8, 4) is 0 Å². The van der Waals surface area contributed by atoms with E-state index in [1.165, 1.54) is 0 Å². The summed E-state index contributed by atoms with van der Waals surface area (Å²) in [6, 6.07) is 0. The molecule has 1 aliphatic rings. The number of aliphatic carboxylic acids is 3. The summed E-state index contributed by atoms with van der Waals surface area (Å²) in [5.74, 6) is -5.69. The maximum absolute atomic E-state index is 10.5. The van der Waals surface area contributed by atoms with Crippen molar-refractivity contribution >= 4 is 23.8 Å². The van der Waals surface area contributed by atoms with Gasteiger partial charge in [-0.15, -0.1) is 0 Å². The molecule has 1 rings (SSSR count). The average molecular weight is 309 g/mol. The van der Waals surface area contributed by atoms with Crippen molar-refractivity contribution in [3.63, 3.8) is 0 Å². The molecular formula is C11H14Li3NO8. The number of carbonyl (C=O) groups excluding carboxylic acids is 4. The molecule has 0 spiro atoms. The Hall–Kier alpha value is -0.368. The Labute approximate surface area is 169 Å². The van der Waals surface area contributed by atoms with Gasteiger partial charge in [0.25, 0.3) is 0 Å². The molecule has 1 fully saturated rings. The fraction of sp³-hybridized carbons (Fsp3) is 0.636. The Kier molecular flexibility index (Phi) is 18.6. The first-order chi connectivity index (χ1) is 9.08. The molecule has 0 unspecified atom stereocenters. The van der Waals surface area contributed by atoms with Gasteiger partial charge in [-0.05, 0) is 6.42 Å². The first-order valence-corrected chi connectivity index (χ1v) is 5.66. The van der Waals surface area contributed by atoms with E-state index in [0.29, 0.717) is 5.91 Å². The molecule has 114 valence electrons. The topological polar surface area (TPSA) is 161 Å². The molecule has 23 heavy (non-hydrogen) atoms. The van der Waals surface area contributed by atoms with E-state index in [4.69, 9.17) is 5.11 Å². The van der Waals surface area contributed by atoms with Crippen LogP contribution in [-0.4, -0.2) is 53.0 Å². The summed E-state index contributed by atoms with van der Waals surface area (Å²) in [5, 5.41) is 38.9. The molecule has 9 nitrogen and oxygen atoms in total. The Morgan fingerprint density at radius 1 is 1.09 bits per heavy atom. The summed E-state index contributed by atoms with van der Waals surface area (Å²) in [7, 11) is 1.84. The number of rotatable bonds is 5. The van der Waals surface area contributed by atoms with Crippen LogP contribution in [0, 0.1) is 0 Å². The quantitative estimate of drug-likeness (QED) is 0.489. The van der Waals surface area contributed by atoms with Gasteiger partial charge in [0.15, 0.2) is 0 Å². The van der Waals surface area contributed by atoms with Gasteiger partial charge in [0.05, 0.1) is 5.97 Å². The molecule has 12 heteroatoms. The van der Waals surface area contributed by atoms with E-state index in [0.717, 1.165) is 19.4 Å². The van der Waals surface area contributed by atoms with Gasteiger partial charge in [-0.3, -0.25) is 4.79 Å². The van der Waals surface area contributed by atoms with Gasteiger partial charge < -0.3 is 39.7 Å². The second kappa shape index (κ2) is 14.0. The van der Waals surface area contributed by atoms with Crippen LogP contribution in [0.3, 0.4) is 0 Å². The number of hydrogen-bond donors (Lipinski definition) is 1. The first-order valence-electron chi connectivity index (χ1n) is 5.66. The zero-order chi connectivity index (χ0) is 15.9. The zero-order valence-electron chi connectivity index (χ0n) is 13.8. The third-order valence-corrected chi connectivity index (χ3v) is 2.56. The molecule has 0 aromatic rings. The molecule has 0 radical (unpaired) electrons. The second-order valence-corrected chi connectivity index (χ2v) is 4.34. The molecule has 1 saturated heterocycles. The van der Waals surface area contributed by atoms with Crippen LogP contribution in [0.2, 0.25) is 0 Å². The van der Waals surface area contributed by atoms with Crippen LogP contribution in [0.15, 0.2) is 0 Å². The van der Waals surface area contributed by atoms with Gasteiger partial charge in [0.1, 0.15) is 5.60 Å². The van der Waals surface area contributed by atoms with Crippen LogP contribution in [0.4, 0.5) is 0 Å². The fourth-order valence-electron chi connectivity index (χ4n) is 1.47. The summed E-state index contributed by atoms with van der Waals surface area (Å²) in [4.78, 5) is 42.3. The smallest absolute Gasteiger partial charge is 0.550 e. The van der Waals surface area contributed by atoms with Gasteiger partial charge in [0, 0.05) is 44.8 Å². The van der Waals surface area contributed by atoms with Crippen molar-refractivity contribution in [2.75, 3.05) is 13.6 Å². The maximum atomic E-state index is 10.5. The standard InChI is InChI=1S/C6H8O7.C5H9NO.3Li/c7-3(8)1-6(13,5(11)12)2-4(9)10;1-6-4-2-3-5(6)7;;;/h13H,1-2H2,(H,7,8)(H,9,10)(H,11,12);2-4H2,1H3;;;/q;;3*+1/p-3. The number of carbonyl (C=O) groups is 4. The van der Waals surface area contributed by atoms with Gasteiger partial charge in [-0.25, -0.2) is 0 Å². The molecule has 0 aliphatic carbocycles. The van der Waals surface area contributed by atoms with Crippen LogP contribution in [0.25, 0.3) is 0 Å². The van der Waals surface area contributed by atoms with Crippen molar-refractivity contribution in [1.29, 1.82) is 0 Å². The number of amides is 1. The third-order valence-electron chi connectivity index (χ3n) is 2.56. The van der Waals surface area contributed by atoms with E-state index in [2.05, 4.69) is 0 Å². The molecule has 1 N–H and O–H groups in total. The van der Waals surface area contributed by atoms with Gasteiger partial charge >= 0.3 is 56.6 Å². The molecular weight excluding hydrogens is 295 g/mol. The Bertz CT molecular complexity index is 402. The third kappa shape index (κ3) is 12.7. The maximum Gasteiger partial charge on any atom is 1.00 e. The van der Waals surface area contributed by atoms with Gasteiger partial charge in [0.2, 0.25) is 5.91 Å². The van der Waals surface area contributed by atoms with Gasteiger partial charge in [-0.1, -0.05) is 0 Å². The van der Waals surface area contributed by atoms with E-state index in [1.54, 1.807) is 4.90 Å². The largest absolute Gasteiger partial charge is 1.00 e. The van der Waals surface area contributed by atoms with Crippen LogP contribution < -0.4 is 71.9 Å². The van der Waals surface area contributed by atoms with Crippen molar-refractivity contribution in [2.45, 2.75) is 31.3 Å². The fourth-order valence-corrected chi connectivity index (χ4v) is 1.47. The first kappa shape index (κ1) is 30.5. The van der Waals surface area contributed by atoms with E-state index in [1.807, 2.05) is 7.05 Å². The van der Waals surface area contributed by atoms with Crippen LogP contribution in [0.5, 0.6) is 0 Å². The Balaban J connectivity index is -0.000000156. The van der Waals surface area contributed by atoms with Crippen LogP contribution in [-0.2, 0) is 19.2 Å². The molecule has 1 amide bonds. The number of aliphatic hydroxyl groups is 1. The van der Waals surface area contributed by atoms with E-state index in [-0.39, 0.29) is 56.6 Å². The Morgan fingerprint density at radius 2 is 1.48 bits per heavy atom. The van der Waals surface area contributed by atoms with E-state index >= 15 is 0 Å². The molecule has 0 atom stereocenters. The SMILES string of the molecule is CN1CCCC1=O.O=C([O-])CC(O)(CC(=O)[O-])C(=O)[O-].[Li+].[Li+].[Li+]. The summed E-state index contributed by atoms with van der Waals surface area (Å²) in [6.07, 6.45) is -0.904. The van der Waals surface area contributed by atoms with Crippen molar-refractivity contribution < 1.29 is 96.2 Å². The van der Waals surface area contributed by atoms with Crippen molar-refractivity contribution in [3.05, 3.63) is 0 Å². The molecule has 0 aromatic heterocycles. The summed E-state index contributed by atoms with van der Waals surface area (Å²) in [5.41, 5.74) is -2.97. The van der Waals surface area contributed by atoms with E-state index < -0.39 is 36.4 Å². The molecule has 0 bridgehead atoms. The average Bonchev–Trinajstić information content (AvgIpc) is 2.61. The second-order valence-electron chi connectivity index (χ2n) is 4.34. The Morgan fingerprint density at radius 3 is 1.61 bits per heavy atom. The van der Waals surface area contributed by atoms with Crippen molar-refractivity contribution in [1.82, 2.24) is 4.90 Å². The van der Waals surface area contributed by atoms with Gasteiger partial charge in [-0.2, -0.15) is 0 Å². The molecule has 0 aromatic carbocycles. The van der Waals surface area contributed by atoms with E-state index in [9.17, 15) is 34.5 Å². The minimum absolute atomic E-state index is 0. The zero-order valence-corrected chi connectivity index (χ0v) is 13.8. The number of likely N-dealkylation sites (tertiary alicyclic amines) is 1.